The number of nitrogens with one attached hydrogen (secondary N) is 1. The first kappa shape index (κ1) is 14.0. The van der Waals surface area contributed by atoms with Crippen molar-refractivity contribution in [1.29, 1.82) is 0 Å². The van der Waals surface area contributed by atoms with Gasteiger partial charge in [0.15, 0.2) is 0 Å². The second-order valence-electron chi connectivity index (χ2n) is 4.71. The topological polar surface area (TPSA) is 58.6 Å². The molecule has 0 aliphatic carbocycles. The van der Waals surface area contributed by atoms with Crippen molar-refractivity contribution < 1.29 is 14.3 Å². The minimum absolute atomic E-state index is 0.102. The first-order valence-corrected chi connectivity index (χ1v) is 6.09. The van der Waals surface area contributed by atoms with Crippen molar-refractivity contribution >= 4 is 11.9 Å². The Kier molecular flexibility index (Phi) is 5.41. The Hall–Kier alpha value is -1.10. The molecule has 1 fully saturated rings. The van der Waals surface area contributed by atoms with E-state index >= 15 is 0 Å². The molecule has 0 aromatic carbocycles. The molecule has 1 rings (SSSR count). The van der Waals surface area contributed by atoms with Crippen LogP contribution < -0.4 is 5.32 Å². The van der Waals surface area contributed by atoms with Gasteiger partial charge in [-0.15, -0.1) is 0 Å². The predicted octanol–water partition coefficient (Wildman–Crippen LogP) is 0.396. The second kappa shape index (κ2) is 6.59. The molecule has 1 amide bonds. The van der Waals surface area contributed by atoms with Crippen LogP contribution in [-0.4, -0.2) is 50.1 Å². The normalized spacial score (nSPS) is 22.8. The average molecular weight is 242 g/mol. The fourth-order valence-corrected chi connectivity index (χ4v) is 2.19. The van der Waals surface area contributed by atoms with Crippen LogP contribution in [-0.2, 0) is 14.3 Å². The van der Waals surface area contributed by atoms with Crippen LogP contribution in [0.2, 0.25) is 0 Å². The number of hydrogen-bond donors (Lipinski definition) is 1. The van der Waals surface area contributed by atoms with Gasteiger partial charge < -0.3 is 15.0 Å². The van der Waals surface area contributed by atoms with Crippen LogP contribution in [0.15, 0.2) is 0 Å². The fraction of sp³-hybridized carbons (Fsp3) is 0.833. The minimum atomic E-state index is -0.199. The molecule has 5 heteroatoms. The number of hydrogen-bond acceptors (Lipinski definition) is 4. The molecular formula is C12H22N2O3. The summed E-state index contributed by atoms with van der Waals surface area (Å²) < 4.78 is 4.70. The zero-order chi connectivity index (χ0) is 12.8. The summed E-state index contributed by atoms with van der Waals surface area (Å²) in [6.45, 7) is 3.24. The number of carbonyl (C=O) groups is 2. The molecule has 17 heavy (non-hydrogen) atoms. The Balaban J connectivity index is 2.47. The van der Waals surface area contributed by atoms with Gasteiger partial charge in [0.2, 0.25) is 5.91 Å². The molecule has 98 valence electrons. The van der Waals surface area contributed by atoms with Gasteiger partial charge in [0.25, 0.3) is 0 Å². The van der Waals surface area contributed by atoms with E-state index in [-0.39, 0.29) is 23.8 Å². The van der Waals surface area contributed by atoms with Crippen molar-refractivity contribution in [2.24, 2.45) is 5.92 Å². The first-order valence-electron chi connectivity index (χ1n) is 6.09. The Bertz CT molecular complexity index is 281. The van der Waals surface area contributed by atoms with Crippen LogP contribution in [0.4, 0.5) is 0 Å². The highest BCUT2D eigenvalue weighted by Crippen LogP contribution is 2.14. The molecule has 0 bridgehead atoms. The van der Waals surface area contributed by atoms with Crippen molar-refractivity contribution in [3.05, 3.63) is 0 Å². The zero-order valence-corrected chi connectivity index (χ0v) is 10.9. The van der Waals surface area contributed by atoms with E-state index < -0.39 is 0 Å². The van der Waals surface area contributed by atoms with Gasteiger partial charge in [0.05, 0.1) is 13.0 Å². The lowest BCUT2D eigenvalue weighted by atomic mass is 10.1. The molecule has 0 saturated carbocycles. The van der Waals surface area contributed by atoms with Crippen LogP contribution in [0, 0.1) is 5.92 Å². The number of carbonyl (C=O) groups excluding carboxylic acids is 2. The fourth-order valence-electron chi connectivity index (χ4n) is 2.19. The van der Waals surface area contributed by atoms with E-state index in [4.69, 9.17) is 4.74 Å². The number of ether oxygens (including phenoxy) is 1. The quantitative estimate of drug-likeness (QED) is 0.725. The molecule has 1 aliphatic heterocycles. The molecule has 5 nitrogen and oxygen atoms in total. The van der Waals surface area contributed by atoms with E-state index in [9.17, 15) is 9.59 Å². The molecule has 0 spiro atoms. The average Bonchev–Trinajstić information content (AvgIpc) is 2.52. The van der Waals surface area contributed by atoms with E-state index in [1.807, 2.05) is 14.0 Å². The molecule has 2 atom stereocenters. The predicted molar refractivity (Wildman–Crippen MR) is 64.5 cm³/mol. The number of rotatable bonds is 4. The van der Waals surface area contributed by atoms with Gasteiger partial charge in [-0.25, -0.2) is 0 Å². The van der Waals surface area contributed by atoms with Gasteiger partial charge in [-0.2, -0.15) is 0 Å². The zero-order valence-electron chi connectivity index (χ0n) is 10.9. The van der Waals surface area contributed by atoms with Gasteiger partial charge in [-0.05, 0) is 19.9 Å². The van der Waals surface area contributed by atoms with Crippen LogP contribution in [0.5, 0.6) is 0 Å². The summed E-state index contributed by atoms with van der Waals surface area (Å²) in [5, 5.41) is 2.86. The van der Waals surface area contributed by atoms with E-state index in [2.05, 4.69) is 10.2 Å². The summed E-state index contributed by atoms with van der Waals surface area (Å²) in [6, 6.07) is 0.226. The van der Waals surface area contributed by atoms with Gasteiger partial charge in [0.1, 0.15) is 0 Å². The highest BCUT2D eigenvalue weighted by molar-refractivity contribution is 5.76. The Morgan fingerprint density at radius 1 is 1.65 bits per heavy atom. The summed E-state index contributed by atoms with van der Waals surface area (Å²) in [6.07, 6.45) is 2.50. The smallest absolute Gasteiger partial charge is 0.309 e. The molecular weight excluding hydrogens is 220 g/mol. The lowest BCUT2D eigenvalue weighted by Crippen LogP contribution is -2.38. The molecule has 0 aromatic rings. The van der Waals surface area contributed by atoms with E-state index in [1.54, 1.807) is 0 Å². The maximum absolute atomic E-state index is 11.4. The maximum Gasteiger partial charge on any atom is 0.309 e. The lowest BCUT2D eigenvalue weighted by molar-refractivity contribution is -0.145. The summed E-state index contributed by atoms with van der Waals surface area (Å²) >= 11 is 0. The van der Waals surface area contributed by atoms with Gasteiger partial charge in [-0.1, -0.05) is 6.92 Å². The van der Waals surface area contributed by atoms with Crippen molar-refractivity contribution in [2.75, 3.05) is 27.2 Å². The summed E-state index contributed by atoms with van der Waals surface area (Å²) in [7, 11) is 3.36. The standard InChI is InChI=1S/C12H22N2O3/c1-9(12(16)17-3)8-14(2)10-5-4-6-13-11(15)7-10/h9-10H,4-8H2,1-3H3,(H,13,15). The van der Waals surface area contributed by atoms with Crippen LogP contribution in [0.1, 0.15) is 26.2 Å². The van der Waals surface area contributed by atoms with Crippen molar-refractivity contribution in [2.45, 2.75) is 32.2 Å². The first-order chi connectivity index (χ1) is 8.04. The Labute approximate surface area is 102 Å². The van der Waals surface area contributed by atoms with E-state index in [0.29, 0.717) is 13.0 Å². The van der Waals surface area contributed by atoms with E-state index in [1.165, 1.54) is 7.11 Å². The van der Waals surface area contributed by atoms with Crippen molar-refractivity contribution in [3.63, 3.8) is 0 Å². The highest BCUT2D eigenvalue weighted by atomic mass is 16.5. The molecule has 0 aromatic heterocycles. The largest absolute Gasteiger partial charge is 0.469 e. The lowest BCUT2D eigenvalue weighted by Gasteiger charge is -2.27. The number of amides is 1. The second-order valence-corrected chi connectivity index (χ2v) is 4.71. The molecule has 0 radical (unpaired) electrons. The summed E-state index contributed by atoms with van der Waals surface area (Å²) in [5.41, 5.74) is 0. The SMILES string of the molecule is COC(=O)C(C)CN(C)C1CCCNC(=O)C1. The monoisotopic (exact) mass is 242 g/mol. The number of nitrogens with zero attached hydrogens (tertiary/aromatic N) is 1. The van der Waals surface area contributed by atoms with E-state index in [0.717, 1.165) is 19.4 Å². The molecule has 1 N–H and O–H groups in total. The maximum atomic E-state index is 11.4. The van der Waals surface area contributed by atoms with Crippen molar-refractivity contribution in [1.82, 2.24) is 10.2 Å². The molecule has 1 saturated heterocycles. The molecule has 1 aliphatic rings. The summed E-state index contributed by atoms with van der Waals surface area (Å²) in [4.78, 5) is 24.9. The Morgan fingerprint density at radius 3 is 3.00 bits per heavy atom. The third-order valence-electron chi connectivity index (χ3n) is 3.25. The van der Waals surface area contributed by atoms with Crippen LogP contribution in [0.25, 0.3) is 0 Å². The Morgan fingerprint density at radius 2 is 2.35 bits per heavy atom. The van der Waals surface area contributed by atoms with Crippen LogP contribution in [0.3, 0.4) is 0 Å². The molecule has 1 heterocycles. The van der Waals surface area contributed by atoms with Gasteiger partial charge in [-0.3, -0.25) is 9.59 Å². The van der Waals surface area contributed by atoms with Crippen molar-refractivity contribution in [3.8, 4) is 0 Å². The number of methoxy groups -OCH3 is 1. The minimum Gasteiger partial charge on any atom is -0.469 e. The van der Waals surface area contributed by atoms with Gasteiger partial charge in [0, 0.05) is 25.6 Å². The third kappa shape index (κ3) is 4.34. The van der Waals surface area contributed by atoms with Crippen LogP contribution >= 0.6 is 0 Å². The third-order valence-corrected chi connectivity index (χ3v) is 3.25. The summed E-state index contributed by atoms with van der Waals surface area (Å²) in [5.74, 6) is -0.253. The van der Waals surface area contributed by atoms with Gasteiger partial charge >= 0.3 is 5.97 Å². The highest BCUT2D eigenvalue weighted by Gasteiger charge is 2.24. The molecule has 2 unspecified atom stereocenters. The number of esters is 1.